The molecule has 0 fully saturated rings. The highest BCUT2D eigenvalue weighted by atomic mass is 19.1. The van der Waals surface area contributed by atoms with Gasteiger partial charge in [-0.15, -0.1) is 0 Å². The lowest BCUT2D eigenvalue weighted by molar-refractivity contribution is 0.616. The number of rotatable bonds is 5. The van der Waals surface area contributed by atoms with Gasteiger partial charge in [0.2, 0.25) is 0 Å². The van der Waals surface area contributed by atoms with Crippen molar-refractivity contribution in [1.82, 2.24) is 4.98 Å². The van der Waals surface area contributed by atoms with E-state index in [0.717, 1.165) is 17.7 Å². The van der Waals surface area contributed by atoms with Gasteiger partial charge in [0.25, 0.3) is 0 Å². The lowest BCUT2D eigenvalue weighted by atomic mass is 10.1. The van der Waals surface area contributed by atoms with Crippen LogP contribution in [0.3, 0.4) is 0 Å². The number of anilines is 1. The molecule has 0 aliphatic heterocycles. The summed E-state index contributed by atoms with van der Waals surface area (Å²) < 4.78 is 14.1. The van der Waals surface area contributed by atoms with E-state index in [2.05, 4.69) is 4.98 Å². The molecule has 0 saturated heterocycles. The van der Waals surface area contributed by atoms with Crippen LogP contribution in [0.15, 0.2) is 42.6 Å². The van der Waals surface area contributed by atoms with E-state index in [0.29, 0.717) is 12.2 Å². The standard InChI is InChI=1S/C16H20FN3/c1-12(18)13-6-7-16(15(17)11-13)20(2)10-8-14-5-3-4-9-19-14/h3-7,9,11-12H,8,10,18H2,1-2H3/t12-/m1/s1. The van der Waals surface area contributed by atoms with E-state index in [1.807, 2.05) is 43.1 Å². The van der Waals surface area contributed by atoms with E-state index in [1.165, 1.54) is 6.07 Å². The minimum Gasteiger partial charge on any atom is -0.372 e. The fraction of sp³-hybridized carbons (Fsp3) is 0.312. The summed E-state index contributed by atoms with van der Waals surface area (Å²) >= 11 is 0. The van der Waals surface area contributed by atoms with Crippen LogP contribution < -0.4 is 10.6 Å². The quantitative estimate of drug-likeness (QED) is 0.910. The van der Waals surface area contributed by atoms with Gasteiger partial charge in [-0.25, -0.2) is 4.39 Å². The van der Waals surface area contributed by atoms with E-state index < -0.39 is 0 Å². The van der Waals surface area contributed by atoms with Crippen molar-refractivity contribution in [2.75, 3.05) is 18.5 Å². The second kappa shape index (κ2) is 6.48. The molecule has 1 aromatic carbocycles. The van der Waals surface area contributed by atoms with Gasteiger partial charge in [0.15, 0.2) is 0 Å². The molecule has 20 heavy (non-hydrogen) atoms. The number of pyridine rings is 1. The zero-order valence-electron chi connectivity index (χ0n) is 11.9. The van der Waals surface area contributed by atoms with Gasteiger partial charge in [-0.05, 0) is 36.8 Å². The molecule has 1 aromatic heterocycles. The number of nitrogens with zero attached hydrogens (tertiary/aromatic N) is 2. The van der Waals surface area contributed by atoms with Crippen LogP contribution in [0, 0.1) is 5.82 Å². The second-order valence-electron chi connectivity index (χ2n) is 4.99. The summed E-state index contributed by atoms with van der Waals surface area (Å²) in [5.41, 5.74) is 8.16. The summed E-state index contributed by atoms with van der Waals surface area (Å²) in [6.07, 6.45) is 2.55. The SMILES string of the molecule is C[C@@H](N)c1ccc(N(C)CCc2ccccn2)c(F)c1. The summed E-state index contributed by atoms with van der Waals surface area (Å²) in [5, 5.41) is 0. The van der Waals surface area contributed by atoms with Gasteiger partial charge >= 0.3 is 0 Å². The number of nitrogens with two attached hydrogens (primary N) is 1. The Labute approximate surface area is 119 Å². The molecule has 106 valence electrons. The average Bonchev–Trinajstić information content (AvgIpc) is 2.45. The van der Waals surface area contributed by atoms with Gasteiger partial charge in [0.05, 0.1) is 5.69 Å². The first-order valence-corrected chi connectivity index (χ1v) is 6.74. The van der Waals surface area contributed by atoms with Crippen molar-refractivity contribution in [1.29, 1.82) is 0 Å². The molecule has 0 amide bonds. The first kappa shape index (κ1) is 14.5. The van der Waals surface area contributed by atoms with Crippen LogP contribution >= 0.6 is 0 Å². The molecule has 3 nitrogen and oxygen atoms in total. The smallest absolute Gasteiger partial charge is 0.146 e. The molecule has 0 saturated carbocycles. The molecule has 1 atom stereocenters. The minimum atomic E-state index is -0.233. The van der Waals surface area contributed by atoms with Gasteiger partial charge in [0.1, 0.15) is 5.82 Å². The fourth-order valence-corrected chi connectivity index (χ4v) is 2.06. The number of halogens is 1. The zero-order valence-corrected chi connectivity index (χ0v) is 11.9. The van der Waals surface area contributed by atoms with E-state index in [4.69, 9.17) is 5.73 Å². The van der Waals surface area contributed by atoms with Crippen molar-refractivity contribution in [3.8, 4) is 0 Å². The molecular formula is C16H20FN3. The summed E-state index contributed by atoms with van der Waals surface area (Å²) in [6.45, 7) is 2.56. The van der Waals surface area contributed by atoms with Crippen molar-refractivity contribution in [3.63, 3.8) is 0 Å². The number of aromatic nitrogens is 1. The maximum atomic E-state index is 14.1. The maximum Gasteiger partial charge on any atom is 0.146 e. The summed E-state index contributed by atoms with van der Waals surface area (Å²) in [7, 11) is 1.88. The lowest BCUT2D eigenvalue weighted by Crippen LogP contribution is -2.22. The fourth-order valence-electron chi connectivity index (χ4n) is 2.06. The van der Waals surface area contributed by atoms with Crippen molar-refractivity contribution >= 4 is 5.69 Å². The highest BCUT2D eigenvalue weighted by Gasteiger charge is 2.10. The second-order valence-corrected chi connectivity index (χ2v) is 4.99. The maximum absolute atomic E-state index is 14.1. The molecule has 2 aromatic rings. The van der Waals surface area contributed by atoms with E-state index >= 15 is 0 Å². The van der Waals surface area contributed by atoms with Crippen molar-refractivity contribution < 1.29 is 4.39 Å². The van der Waals surface area contributed by atoms with Gasteiger partial charge in [0, 0.05) is 37.9 Å². The van der Waals surface area contributed by atoms with Crippen molar-refractivity contribution in [2.24, 2.45) is 5.73 Å². The molecule has 0 unspecified atom stereocenters. The van der Waals surface area contributed by atoms with Crippen LogP contribution in [-0.4, -0.2) is 18.6 Å². The molecule has 0 bridgehead atoms. The molecule has 0 spiro atoms. The molecule has 0 radical (unpaired) electrons. The van der Waals surface area contributed by atoms with Crippen LogP contribution in [0.5, 0.6) is 0 Å². The first-order valence-electron chi connectivity index (χ1n) is 6.74. The number of hydrogen-bond acceptors (Lipinski definition) is 3. The zero-order chi connectivity index (χ0) is 14.5. The normalized spacial score (nSPS) is 12.2. The van der Waals surface area contributed by atoms with E-state index in [9.17, 15) is 4.39 Å². The van der Waals surface area contributed by atoms with Gasteiger partial charge in [-0.3, -0.25) is 4.98 Å². The van der Waals surface area contributed by atoms with Gasteiger partial charge in [-0.1, -0.05) is 12.1 Å². The highest BCUT2D eigenvalue weighted by Crippen LogP contribution is 2.22. The molecule has 1 heterocycles. The lowest BCUT2D eigenvalue weighted by Gasteiger charge is -2.20. The number of likely N-dealkylation sites (N-methyl/N-ethyl adjacent to an activating group) is 1. The van der Waals surface area contributed by atoms with Crippen LogP contribution in [-0.2, 0) is 6.42 Å². The largest absolute Gasteiger partial charge is 0.372 e. The Morgan fingerprint density at radius 3 is 2.70 bits per heavy atom. The summed E-state index contributed by atoms with van der Waals surface area (Å²) in [6, 6.07) is 10.8. The van der Waals surface area contributed by atoms with E-state index in [-0.39, 0.29) is 11.9 Å². The Hall–Kier alpha value is -1.94. The minimum absolute atomic E-state index is 0.155. The van der Waals surface area contributed by atoms with Crippen LogP contribution in [0.2, 0.25) is 0 Å². The predicted octanol–water partition coefficient (Wildman–Crippen LogP) is 2.92. The molecule has 4 heteroatoms. The number of benzene rings is 1. The Morgan fingerprint density at radius 1 is 1.30 bits per heavy atom. The highest BCUT2D eigenvalue weighted by molar-refractivity contribution is 5.49. The third-order valence-corrected chi connectivity index (χ3v) is 3.34. The molecule has 2 N–H and O–H groups in total. The predicted molar refractivity (Wildman–Crippen MR) is 80.2 cm³/mol. The first-order chi connectivity index (χ1) is 9.58. The topological polar surface area (TPSA) is 42.1 Å². The molecule has 0 aliphatic carbocycles. The van der Waals surface area contributed by atoms with Gasteiger partial charge in [-0.2, -0.15) is 0 Å². The Balaban J connectivity index is 2.04. The third kappa shape index (κ3) is 3.54. The summed E-state index contributed by atoms with van der Waals surface area (Å²) in [4.78, 5) is 6.16. The van der Waals surface area contributed by atoms with Crippen LogP contribution in [0.25, 0.3) is 0 Å². The van der Waals surface area contributed by atoms with Crippen LogP contribution in [0.1, 0.15) is 24.2 Å². The Bertz CT molecular complexity index is 555. The third-order valence-electron chi connectivity index (χ3n) is 3.34. The monoisotopic (exact) mass is 273 g/mol. The Morgan fingerprint density at radius 2 is 2.10 bits per heavy atom. The van der Waals surface area contributed by atoms with Crippen LogP contribution in [0.4, 0.5) is 10.1 Å². The molecular weight excluding hydrogens is 253 g/mol. The van der Waals surface area contributed by atoms with Gasteiger partial charge < -0.3 is 10.6 Å². The van der Waals surface area contributed by atoms with Crippen molar-refractivity contribution in [2.45, 2.75) is 19.4 Å². The molecule has 2 rings (SSSR count). The summed E-state index contributed by atoms with van der Waals surface area (Å²) in [5.74, 6) is -0.233. The van der Waals surface area contributed by atoms with E-state index in [1.54, 1.807) is 12.3 Å². The average molecular weight is 273 g/mol. The van der Waals surface area contributed by atoms with Crippen molar-refractivity contribution in [3.05, 3.63) is 59.7 Å². The Kier molecular flexibility index (Phi) is 4.69. The molecule has 0 aliphatic rings. The number of hydrogen-bond donors (Lipinski definition) is 1.